The molecule has 110 valence electrons. The molecule has 0 aromatic heterocycles. The topological polar surface area (TPSA) is 58.4 Å². The highest BCUT2D eigenvalue weighted by molar-refractivity contribution is 6.00. The van der Waals surface area contributed by atoms with Crippen LogP contribution in [0.25, 0.3) is 0 Å². The zero-order chi connectivity index (χ0) is 15.4. The Morgan fingerprint density at radius 2 is 1.86 bits per heavy atom. The summed E-state index contributed by atoms with van der Waals surface area (Å²) >= 11 is 0. The summed E-state index contributed by atoms with van der Waals surface area (Å²) in [5, 5.41) is 2.66. The normalized spacial score (nSPS) is 10.2. The fourth-order valence-electron chi connectivity index (χ4n) is 2.24. The molecule has 2 aromatic rings. The summed E-state index contributed by atoms with van der Waals surface area (Å²) in [6.45, 7) is 2.78. The van der Waals surface area contributed by atoms with Gasteiger partial charge in [-0.15, -0.1) is 0 Å². The molecule has 1 amide bonds. The van der Waals surface area contributed by atoms with E-state index in [-0.39, 0.29) is 5.91 Å². The number of nitrogens with zero attached hydrogens (tertiary/aromatic N) is 1. The number of carbonyl (C=O) groups is 1. The fraction of sp³-hybridized carbons (Fsp3) is 0.235. The second-order valence-electron chi connectivity index (χ2n) is 5.20. The van der Waals surface area contributed by atoms with Gasteiger partial charge < -0.3 is 16.0 Å². The predicted molar refractivity (Wildman–Crippen MR) is 87.5 cm³/mol. The third kappa shape index (κ3) is 3.54. The lowest BCUT2D eigenvalue weighted by molar-refractivity contribution is 0.0963. The average molecular weight is 283 g/mol. The summed E-state index contributed by atoms with van der Waals surface area (Å²) in [6, 6.07) is 13.7. The smallest absolute Gasteiger partial charge is 0.253 e. The van der Waals surface area contributed by atoms with Crippen molar-refractivity contribution in [2.45, 2.75) is 13.5 Å². The zero-order valence-electron chi connectivity index (χ0n) is 12.7. The molecule has 21 heavy (non-hydrogen) atoms. The van der Waals surface area contributed by atoms with Crippen LogP contribution in [-0.4, -0.2) is 20.0 Å². The van der Waals surface area contributed by atoms with Crippen LogP contribution in [0.2, 0.25) is 0 Å². The lowest BCUT2D eigenvalue weighted by Gasteiger charge is -2.22. The Balaban J connectivity index is 2.29. The third-order valence-corrected chi connectivity index (χ3v) is 3.45. The number of nitrogens with two attached hydrogens (primary N) is 1. The first kappa shape index (κ1) is 14.9. The van der Waals surface area contributed by atoms with Gasteiger partial charge in [-0.05, 0) is 30.7 Å². The zero-order valence-corrected chi connectivity index (χ0v) is 12.7. The van der Waals surface area contributed by atoms with Gasteiger partial charge in [-0.3, -0.25) is 4.79 Å². The molecule has 0 radical (unpaired) electrons. The van der Waals surface area contributed by atoms with Crippen molar-refractivity contribution in [1.82, 2.24) is 5.32 Å². The van der Waals surface area contributed by atoms with E-state index in [1.54, 1.807) is 19.2 Å². The van der Waals surface area contributed by atoms with E-state index in [1.165, 1.54) is 11.1 Å². The van der Waals surface area contributed by atoms with Gasteiger partial charge in [0.1, 0.15) is 0 Å². The number of carbonyl (C=O) groups excluding carboxylic acids is 1. The van der Waals surface area contributed by atoms with Gasteiger partial charge in [-0.25, -0.2) is 0 Å². The van der Waals surface area contributed by atoms with Gasteiger partial charge in [-0.1, -0.05) is 29.8 Å². The minimum atomic E-state index is -0.110. The van der Waals surface area contributed by atoms with E-state index in [9.17, 15) is 4.79 Å². The quantitative estimate of drug-likeness (QED) is 0.848. The molecule has 0 unspecified atom stereocenters. The van der Waals surface area contributed by atoms with E-state index in [0.717, 1.165) is 5.69 Å². The molecule has 0 bridgehead atoms. The monoisotopic (exact) mass is 283 g/mol. The maximum atomic E-state index is 12.0. The number of hydrogen-bond donors (Lipinski definition) is 2. The first-order chi connectivity index (χ1) is 10.0. The highest BCUT2D eigenvalue weighted by atomic mass is 16.1. The molecule has 0 spiro atoms. The Hall–Kier alpha value is -2.49. The van der Waals surface area contributed by atoms with E-state index < -0.39 is 0 Å². The minimum absolute atomic E-state index is 0.110. The van der Waals surface area contributed by atoms with Gasteiger partial charge in [0, 0.05) is 26.3 Å². The molecule has 0 atom stereocenters. The van der Waals surface area contributed by atoms with Crippen LogP contribution in [0.5, 0.6) is 0 Å². The lowest BCUT2D eigenvalue weighted by atomic mass is 10.1. The molecule has 0 heterocycles. The summed E-state index contributed by atoms with van der Waals surface area (Å²) < 4.78 is 0. The van der Waals surface area contributed by atoms with Crippen molar-refractivity contribution in [3.05, 3.63) is 59.2 Å². The lowest BCUT2D eigenvalue weighted by Crippen LogP contribution is -2.24. The maximum absolute atomic E-state index is 12.0. The highest BCUT2D eigenvalue weighted by Gasteiger charge is 2.14. The summed E-state index contributed by atoms with van der Waals surface area (Å²) in [5.74, 6) is -0.110. The molecule has 4 heteroatoms. The number of nitrogen functional groups attached to an aromatic ring is 1. The minimum Gasteiger partial charge on any atom is -0.399 e. The Kier molecular flexibility index (Phi) is 4.48. The van der Waals surface area contributed by atoms with E-state index in [4.69, 9.17) is 5.73 Å². The Morgan fingerprint density at radius 1 is 1.19 bits per heavy atom. The van der Waals surface area contributed by atoms with Gasteiger partial charge >= 0.3 is 0 Å². The van der Waals surface area contributed by atoms with Crippen molar-refractivity contribution < 1.29 is 4.79 Å². The molecule has 0 fully saturated rings. The van der Waals surface area contributed by atoms with E-state index in [0.29, 0.717) is 17.8 Å². The summed E-state index contributed by atoms with van der Waals surface area (Å²) in [4.78, 5) is 14.0. The standard InChI is InChI=1S/C17H21N3O/c1-12-4-6-13(7-5-12)11-20(3)16-10-14(18)8-9-15(16)17(21)19-2/h4-10H,11,18H2,1-3H3,(H,19,21). The van der Waals surface area contributed by atoms with E-state index in [1.807, 2.05) is 18.0 Å². The van der Waals surface area contributed by atoms with Crippen LogP contribution < -0.4 is 16.0 Å². The number of amides is 1. The van der Waals surface area contributed by atoms with Crippen LogP contribution in [0.1, 0.15) is 21.5 Å². The van der Waals surface area contributed by atoms with Gasteiger partial charge in [0.15, 0.2) is 0 Å². The first-order valence-corrected chi connectivity index (χ1v) is 6.89. The number of benzene rings is 2. The van der Waals surface area contributed by atoms with E-state index >= 15 is 0 Å². The third-order valence-electron chi connectivity index (χ3n) is 3.45. The van der Waals surface area contributed by atoms with Crippen molar-refractivity contribution in [2.75, 3.05) is 24.7 Å². The Labute approximate surface area is 125 Å². The van der Waals surface area contributed by atoms with Crippen molar-refractivity contribution in [2.24, 2.45) is 0 Å². The number of hydrogen-bond acceptors (Lipinski definition) is 3. The van der Waals surface area contributed by atoms with Crippen LogP contribution in [0, 0.1) is 6.92 Å². The molecule has 3 N–H and O–H groups in total. The molecule has 0 aliphatic heterocycles. The molecular formula is C17H21N3O. The van der Waals surface area contributed by atoms with Crippen LogP contribution in [0.3, 0.4) is 0 Å². The molecule has 4 nitrogen and oxygen atoms in total. The molecule has 0 saturated heterocycles. The van der Waals surface area contributed by atoms with Crippen molar-refractivity contribution >= 4 is 17.3 Å². The van der Waals surface area contributed by atoms with Gasteiger partial charge in [0.2, 0.25) is 0 Å². The fourth-order valence-corrected chi connectivity index (χ4v) is 2.24. The maximum Gasteiger partial charge on any atom is 0.253 e. The highest BCUT2D eigenvalue weighted by Crippen LogP contribution is 2.24. The summed E-state index contributed by atoms with van der Waals surface area (Å²) in [7, 11) is 3.59. The van der Waals surface area contributed by atoms with Crippen molar-refractivity contribution in [3.63, 3.8) is 0 Å². The van der Waals surface area contributed by atoms with Crippen LogP contribution >= 0.6 is 0 Å². The average Bonchev–Trinajstić information content (AvgIpc) is 2.48. The van der Waals surface area contributed by atoms with Gasteiger partial charge in [0.25, 0.3) is 5.91 Å². The van der Waals surface area contributed by atoms with Crippen molar-refractivity contribution in [3.8, 4) is 0 Å². The molecule has 0 saturated carbocycles. The van der Waals surface area contributed by atoms with E-state index in [2.05, 4.69) is 36.5 Å². The summed E-state index contributed by atoms with van der Waals surface area (Å²) in [5.41, 5.74) is 10.4. The summed E-state index contributed by atoms with van der Waals surface area (Å²) in [6.07, 6.45) is 0. The van der Waals surface area contributed by atoms with Crippen molar-refractivity contribution in [1.29, 1.82) is 0 Å². The number of aryl methyl sites for hydroxylation is 1. The molecule has 0 aliphatic rings. The predicted octanol–water partition coefficient (Wildman–Crippen LogP) is 2.57. The van der Waals surface area contributed by atoms with Crippen LogP contribution in [-0.2, 0) is 6.54 Å². The van der Waals surface area contributed by atoms with Gasteiger partial charge in [-0.2, -0.15) is 0 Å². The first-order valence-electron chi connectivity index (χ1n) is 6.89. The molecule has 2 rings (SSSR count). The molecule has 0 aliphatic carbocycles. The largest absolute Gasteiger partial charge is 0.399 e. The Bertz CT molecular complexity index is 635. The van der Waals surface area contributed by atoms with Crippen LogP contribution in [0.4, 0.5) is 11.4 Å². The second-order valence-corrected chi connectivity index (χ2v) is 5.20. The number of anilines is 2. The van der Waals surface area contributed by atoms with Gasteiger partial charge in [0.05, 0.1) is 11.3 Å². The SMILES string of the molecule is CNC(=O)c1ccc(N)cc1N(C)Cc1ccc(C)cc1. The number of nitrogens with one attached hydrogen (secondary N) is 1. The Morgan fingerprint density at radius 3 is 2.48 bits per heavy atom. The molecule has 2 aromatic carbocycles. The van der Waals surface area contributed by atoms with Crippen LogP contribution in [0.15, 0.2) is 42.5 Å². The second kappa shape index (κ2) is 6.31. The number of rotatable bonds is 4. The molecular weight excluding hydrogens is 262 g/mol.